The average molecular weight is 290 g/mol. The van der Waals surface area contributed by atoms with Crippen LogP contribution in [0.3, 0.4) is 0 Å². The minimum absolute atomic E-state index is 0.0757. The van der Waals surface area contributed by atoms with Crippen molar-refractivity contribution in [2.24, 2.45) is 0 Å². The van der Waals surface area contributed by atoms with Crippen molar-refractivity contribution in [2.45, 2.75) is 46.3 Å². The van der Waals surface area contributed by atoms with E-state index in [1.807, 2.05) is 26.0 Å². The van der Waals surface area contributed by atoms with E-state index in [0.717, 1.165) is 25.3 Å². The molecule has 0 bridgehead atoms. The molecule has 0 unspecified atom stereocenters. The van der Waals surface area contributed by atoms with Crippen molar-refractivity contribution in [3.63, 3.8) is 0 Å². The Hall–Kier alpha value is -1.39. The third-order valence-electron chi connectivity index (χ3n) is 3.66. The zero-order valence-corrected chi connectivity index (χ0v) is 13.5. The number of nitrogens with one attached hydrogen (secondary N) is 1. The second-order valence-electron chi connectivity index (χ2n) is 6.19. The number of carbonyl (C=O) groups is 1. The van der Waals surface area contributed by atoms with E-state index in [1.54, 1.807) is 0 Å². The molecule has 0 saturated carbocycles. The first-order valence-corrected chi connectivity index (χ1v) is 7.68. The van der Waals surface area contributed by atoms with E-state index < -0.39 is 0 Å². The van der Waals surface area contributed by atoms with Gasteiger partial charge in [0.1, 0.15) is 0 Å². The maximum absolute atomic E-state index is 12.1. The monoisotopic (exact) mass is 290 g/mol. The van der Waals surface area contributed by atoms with Crippen LogP contribution < -0.4 is 5.32 Å². The third-order valence-corrected chi connectivity index (χ3v) is 3.66. The second kappa shape index (κ2) is 7.05. The maximum Gasteiger partial charge on any atom is 0.225 e. The van der Waals surface area contributed by atoms with Gasteiger partial charge in [-0.15, -0.1) is 0 Å². The van der Waals surface area contributed by atoms with Gasteiger partial charge < -0.3 is 10.1 Å². The van der Waals surface area contributed by atoms with Gasteiger partial charge in [-0.1, -0.05) is 6.07 Å². The minimum Gasteiger partial charge on any atom is -0.373 e. The fraction of sp³-hybridized carbons (Fsp3) is 0.588. The number of rotatable bonds is 4. The van der Waals surface area contributed by atoms with Crippen LogP contribution in [0.5, 0.6) is 0 Å². The lowest BCUT2D eigenvalue weighted by Gasteiger charge is -2.35. The molecule has 0 radical (unpaired) electrons. The number of carbonyl (C=O) groups excluding carboxylic acids is 1. The number of ether oxygens (including phenoxy) is 1. The lowest BCUT2D eigenvalue weighted by molar-refractivity contribution is -0.117. The maximum atomic E-state index is 12.1. The van der Waals surface area contributed by atoms with E-state index in [-0.39, 0.29) is 18.1 Å². The van der Waals surface area contributed by atoms with Crippen LogP contribution in [0.15, 0.2) is 18.2 Å². The van der Waals surface area contributed by atoms with Crippen molar-refractivity contribution in [3.05, 3.63) is 29.3 Å². The van der Waals surface area contributed by atoms with Crippen LogP contribution in [0.25, 0.3) is 0 Å². The SMILES string of the molecule is Cc1cc(C)cc(NC(=O)CCN2C[C@H](C)O[C@@H](C)C2)c1. The van der Waals surface area contributed by atoms with Gasteiger partial charge in [-0.3, -0.25) is 9.69 Å². The molecule has 21 heavy (non-hydrogen) atoms. The number of hydrogen-bond donors (Lipinski definition) is 1. The predicted molar refractivity (Wildman–Crippen MR) is 85.6 cm³/mol. The van der Waals surface area contributed by atoms with Crippen LogP contribution >= 0.6 is 0 Å². The summed E-state index contributed by atoms with van der Waals surface area (Å²) in [6.07, 6.45) is 1.01. The Morgan fingerprint density at radius 1 is 1.19 bits per heavy atom. The Balaban J connectivity index is 1.82. The summed E-state index contributed by atoms with van der Waals surface area (Å²) < 4.78 is 5.70. The van der Waals surface area contributed by atoms with E-state index in [0.29, 0.717) is 6.42 Å². The number of nitrogens with zero attached hydrogens (tertiary/aromatic N) is 1. The molecular weight excluding hydrogens is 264 g/mol. The Bertz CT molecular complexity index is 471. The molecule has 4 nitrogen and oxygen atoms in total. The van der Waals surface area contributed by atoms with Gasteiger partial charge in [0.15, 0.2) is 0 Å². The van der Waals surface area contributed by atoms with Gasteiger partial charge in [-0.25, -0.2) is 0 Å². The number of amides is 1. The Labute approximate surface area is 127 Å². The molecule has 116 valence electrons. The van der Waals surface area contributed by atoms with Crippen LogP contribution in [0.4, 0.5) is 5.69 Å². The molecule has 0 aromatic heterocycles. The summed E-state index contributed by atoms with van der Waals surface area (Å²) >= 11 is 0. The summed E-state index contributed by atoms with van der Waals surface area (Å²) in [7, 11) is 0. The van der Waals surface area contributed by atoms with Crippen molar-refractivity contribution < 1.29 is 9.53 Å². The smallest absolute Gasteiger partial charge is 0.225 e. The minimum atomic E-state index is 0.0757. The van der Waals surface area contributed by atoms with Gasteiger partial charge >= 0.3 is 0 Å². The summed E-state index contributed by atoms with van der Waals surface area (Å²) in [5.74, 6) is 0.0757. The summed E-state index contributed by atoms with van der Waals surface area (Å²) in [6, 6.07) is 6.11. The number of morpholine rings is 1. The van der Waals surface area contributed by atoms with Crippen LogP contribution in [-0.4, -0.2) is 42.6 Å². The van der Waals surface area contributed by atoms with Crippen LogP contribution in [-0.2, 0) is 9.53 Å². The van der Waals surface area contributed by atoms with Gasteiger partial charge in [-0.05, 0) is 51.0 Å². The Morgan fingerprint density at radius 3 is 2.33 bits per heavy atom. The van der Waals surface area contributed by atoms with Crippen molar-refractivity contribution in [3.8, 4) is 0 Å². The first-order chi connectivity index (χ1) is 9.92. The van der Waals surface area contributed by atoms with Crippen LogP contribution in [0.2, 0.25) is 0 Å². The first kappa shape index (κ1) is 16.0. The van der Waals surface area contributed by atoms with E-state index in [1.165, 1.54) is 11.1 Å². The topological polar surface area (TPSA) is 41.6 Å². The predicted octanol–water partition coefficient (Wildman–Crippen LogP) is 2.74. The fourth-order valence-electron chi connectivity index (χ4n) is 3.00. The van der Waals surface area contributed by atoms with E-state index in [4.69, 9.17) is 4.74 Å². The number of benzene rings is 1. The lowest BCUT2D eigenvalue weighted by Crippen LogP contribution is -2.46. The second-order valence-corrected chi connectivity index (χ2v) is 6.19. The molecule has 1 heterocycles. The van der Waals surface area contributed by atoms with Crippen molar-refractivity contribution in [2.75, 3.05) is 25.0 Å². The largest absolute Gasteiger partial charge is 0.373 e. The van der Waals surface area contributed by atoms with Crippen molar-refractivity contribution in [1.29, 1.82) is 0 Å². The molecule has 1 aromatic rings. The van der Waals surface area contributed by atoms with E-state index >= 15 is 0 Å². The van der Waals surface area contributed by atoms with Gasteiger partial charge in [0.2, 0.25) is 5.91 Å². The highest BCUT2D eigenvalue weighted by atomic mass is 16.5. The Morgan fingerprint density at radius 2 is 1.76 bits per heavy atom. The molecule has 1 amide bonds. The average Bonchev–Trinajstić information content (AvgIpc) is 2.34. The lowest BCUT2D eigenvalue weighted by atomic mass is 10.1. The summed E-state index contributed by atoms with van der Waals surface area (Å²) in [5.41, 5.74) is 3.23. The van der Waals surface area contributed by atoms with E-state index in [9.17, 15) is 4.79 Å². The van der Waals surface area contributed by atoms with E-state index in [2.05, 4.69) is 30.1 Å². The fourth-order valence-corrected chi connectivity index (χ4v) is 3.00. The van der Waals surface area contributed by atoms with Gasteiger partial charge in [0.05, 0.1) is 12.2 Å². The highest BCUT2D eigenvalue weighted by Crippen LogP contribution is 2.15. The molecule has 0 spiro atoms. The molecule has 1 fully saturated rings. The van der Waals surface area contributed by atoms with Gasteiger partial charge in [-0.2, -0.15) is 0 Å². The van der Waals surface area contributed by atoms with Crippen molar-refractivity contribution >= 4 is 11.6 Å². The molecule has 1 aromatic carbocycles. The third kappa shape index (κ3) is 5.14. The zero-order valence-electron chi connectivity index (χ0n) is 13.5. The van der Waals surface area contributed by atoms with Crippen molar-refractivity contribution in [1.82, 2.24) is 4.90 Å². The molecule has 1 N–H and O–H groups in total. The summed E-state index contributed by atoms with van der Waals surface area (Å²) in [6.45, 7) is 10.8. The molecular formula is C17H26N2O2. The summed E-state index contributed by atoms with van der Waals surface area (Å²) in [5, 5.41) is 2.99. The molecule has 2 atom stereocenters. The van der Waals surface area contributed by atoms with Crippen LogP contribution in [0, 0.1) is 13.8 Å². The van der Waals surface area contributed by atoms with Crippen LogP contribution in [0.1, 0.15) is 31.4 Å². The molecule has 1 aliphatic rings. The molecule has 4 heteroatoms. The highest BCUT2D eigenvalue weighted by Gasteiger charge is 2.22. The number of hydrogen-bond acceptors (Lipinski definition) is 3. The van der Waals surface area contributed by atoms with Gasteiger partial charge in [0.25, 0.3) is 0 Å². The highest BCUT2D eigenvalue weighted by molar-refractivity contribution is 5.91. The first-order valence-electron chi connectivity index (χ1n) is 7.68. The molecule has 2 rings (SSSR count). The Kier molecular flexibility index (Phi) is 5.37. The summed E-state index contributed by atoms with van der Waals surface area (Å²) in [4.78, 5) is 14.4. The molecule has 1 aliphatic heterocycles. The molecule has 0 aliphatic carbocycles. The zero-order chi connectivity index (χ0) is 15.4. The number of aryl methyl sites for hydroxylation is 2. The quantitative estimate of drug-likeness (QED) is 0.927. The molecule has 1 saturated heterocycles. The standard InChI is InChI=1S/C17H26N2O2/c1-12-7-13(2)9-16(8-12)18-17(20)5-6-19-10-14(3)21-15(4)11-19/h7-9,14-15H,5-6,10-11H2,1-4H3,(H,18,20)/t14-,15-/m0/s1. The number of anilines is 1. The van der Waals surface area contributed by atoms with Gasteiger partial charge in [0, 0.05) is 31.7 Å². The normalized spacial score (nSPS) is 23.0.